The Morgan fingerprint density at radius 3 is 2.88 bits per heavy atom. The second kappa shape index (κ2) is 7.08. The molecule has 2 fully saturated rings. The molecular weight excluding hydrogens is 334 g/mol. The number of imidazole rings is 1. The van der Waals surface area contributed by atoms with Crippen molar-refractivity contribution < 1.29 is 9.53 Å². The number of hydrogen-bond acceptors (Lipinski definition) is 4. The highest BCUT2D eigenvalue weighted by Crippen LogP contribution is 2.40. The molecule has 0 bridgehead atoms. The van der Waals surface area contributed by atoms with Crippen molar-refractivity contribution >= 4 is 22.2 Å². The normalized spacial score (nSPS) is 28.3. The number of aromatic nitrogens is 2. The van der Waals surface area contributed by atoms with E-state index < -0.39 is 0 Å². The third kappa shape index (κ3) is 3.47. The molecule has 1 aliphatic carbocycles. The van der Waals surface area contributed by atoms with Crippen molar-refractivity contribution in [2.45, 2.75) is 77.0 Å². The van der Waals surface area contributed by atoms with E-state index in [0.29, 0.717) is 5.92 Å². The van der Waals surface area contributed by atoms with Crippen LogP contribution in [0, 0.1) is 12.8 Å². The van der Waals surface area contributed by atoms with Crippen molar-refractivity contribution in [1.29, 1.82) is 0 Å². The SMILES string of the molecule is CC(=O)N[C@H]1C[C@@H](c2c(C)nc3sccn23)O[C@@H](C2CCCCC2)C1. The van der Waals surface area contributed by atoms with E-state index in [4.69, 9.17) is 4.74 Å². The molecule has 1 amide bonds. The summed E-state index contributed by atoms with van der Waals surface area (Å²) in [6.45, 7) is 3.68. The number of aryl methyl sites for hydroxylation is 1. The van der Waals surface area contributed by atoms with E-state index >= 15 is 0 Å². The molecule has 3 atom stereocenters. The third-order valence-electron chi connectivity index (χ3n) is 5.73. The van der Waals surface area contributed by atoms with Crippen molar-refractivity contribution in [3.8, 4) is 0 Å². The molecule has 25 heavy (non-hydrogen) atoms. The van der Waals surface area contributed by atoms with Crippen molar-refractivity contribution in [3.05, 3.63) is 23.0 Å². The molecule has 3 heterocycles. The molecule has 2 aliphatic rings. The fourth-order valence-electron chi connectivity index (χ4n) is 4.65. The maximum Gasteiger partial charge on any atom is 0.217 e. The largest absolute Gasteiger partial charge is 0.368 e. The summed E-state index contributed by atoms with van der Waals surface area (Å²) >= 11 is 1.65. The van der Waals surface area contributed by atoms with Gasteiger partial charge in [-0.2, -0.15) is 0 Å². The van der Waals surface area contributed by atoms with Crippen LogP contribution in [0.2, 0.25) is 0 Å². The minimum atomic E-state index is 0.00197. The van der Waals surface area contributed by atoms with Crippen LogP contribution in [0.4, 0.5) is 0 Å². The van der Waals surface area contributed by atoms with Gasteiger partial charge in [0.1, 0.15) is 6.10 Å². The van der Waals surface area contributed by atoms with Crippen LogP contribution in [-0.4, -0.2) is 27.4 Å². The Morgan fingerprint density at radius 2 is 2.12 bits per heavy atom. The standard InChI is InChI=1S/C19H27N3O2S/c1-12-18(22-8-9-25-19(22)20-12)17-11-15(21-13(2)23)10-16(24-17)14-6-4-3-5-7-14/h8-9,14-17H,3-7,10-11H2,1-2H3,(H,21,23)/t15-,16-,17+/m1/s1. The first-order valence-corrected chi connectivity index (χ1v) is 10.3. The van der Waals surface area contributed by atoms with Gasteiger partial charge < -0.3 is 10.1 Å². The zero-order valence-corrected chi connectivity index (χ0v) is 15.8. The minimum absolute atomic E-state index is 0.00197. The zero-order valence-electron chi connectivity index (χ0n) is 15.0. The number of fused-ring (bicyclic) bond motifs is 1. The Bertz CT molecular complexity index is 747. The summed E-state index contributed by atoms with van der Waals surface area (Å²) in [5, 5.41) is 5.23. The fourth-order valence-corrected chi connectivity index (χ4v) is 5.41. The Hall–Kier alpha value is -1.40. The minimum Gasteiger partial charge on any atom is -0.368 e. The number of rotatable bonds is 3. The molecule has 2 aromatic rings. The molecule has 5 nitrogen and oxygen atoms in total. The number of ether oxygens (including phenoxy) is 1. The van der Waals surface area contributed by atoms with E-state index in [1.807, 2.05) is 0 Å². The molecule has 0 unspecified atom stereocenters. The van der Waals surface area contributed by atoms with Gasteiger partial charge in [0, 0.05) is 24.5 Å². The number of carbonyl (C=O) groups excluding carboxylic acids is 1. The lowest BCUT2D eigenvalue weighted by molar-refractivity contribution is -0.124. The number of thiazole rings is 1. The molecule has 1 saturated carbocycles. The van der Waals surface area contributed by atoms with Gasteiger partial charge in [-0.3, -0.25) is 9.20 Å². The van der Waals surface area contributed by atoms with Gasteiger partial charge >= 0.3 is 0 Å². The zero-order chi connectivity index (χ0) is 17.4. The van der Waals surface area contributed by atoms with Crippen LogP contribution in [-0.2, 0) is 9.53 Å². The Morgan fingerprint density at radius 1 is 1.32 bits per heavy atom. The summed E-state index contributed by atoms with van der Waals surface area (Å²) in [4.78, 5) is 17.4. The van der Waals surface area contributed by atoms with Crippen LogP contribution in [0.15, 0.2) is 11.6 Å². The summed E-state index contributed by atoms with van der Waals surface area (Å²) in [6.07, 6.45) is 10.5. The van der Waals surface area contributed by atoms with Crippen LogP contribution >= 0.6 is 11.3 Å². The summed E-state index contributed by atoms with van der Waals surface area (Å²) in [5.74, 6) is 0.678. The lowest BCUT2D eigenvalue weighted by atomic mass is 9.80. The van der Waals surface area contributed by atoms with E-state index in [1.165, 1.54) is 32.1 Å². The highest BCUT2D eigenvalue weighted by Gasteiger charge is 2.37. The lowest BCUT2D eigenvalue weighted by Gasteiger charge is -2.40. The van der Waals surface area contributed by atoms with Gasteiger partial charge in [0.25, 0.3) is 0 Å². The van der Waals surface area contributed by atoms with Crippen molar-refractivity contribution in [2.75, 3.05) is 0 Å². The molecule has 0 radical (unpaired) electrons. The summed E-state index contributed by atoms with van der Waals surface area (Å²) < 4.78 is 8.80. The summed E-state index contributed by atoms with van der Waals surface area (Å²) in [5.41, 5.74) is 2.20. The smallest absolute Gasteiger partial charge is 0.217 e. The Labute approximate surface area is 152 Å². The van der Waals surface area contributed by atoms with Gasteiger partial charge in [0.15, 0.2) is 4.96 Å². The molecule has 0 aromatic carbocycles. The fraction of sp³-hybridized carbons (Fsp3) is 0.684. The second-order valence-electron chi connectivity index (χ2n) is 7.57. The average Bonchev–Trinajstić information content (AvgIpc) is 3.14. The Balaban J connectivity index is 1.62. The first-order valence-electron chi connectivity index (χ1n) is 9.46. The number of amides is 1. The van der Waals surface area contributed by atoms with Crippen LogP contribution in [0.25, 0.3) is 4.96 Å². The third-order valence-corrected chi connectivity index (χ3v) is 6.48. The van der Waals surface area contributed by atoms with Crippen molar-refractivity contribution in [3.63, 3.8) is 0 Å². The van der Waals surface area contributed by atoms with Gasteiger partial charge in [0.2, 0.25) is 5.91 Å². The molecule has 1 saturated heterocycles. The van der Waals surface area contributed by atoms with E-state index in [2.05, 4.69) is 33.2 Å². The maximum atomic E-state index is 11.7. The molecule has 6 heteroatoms. The van der Waals surface area contributed by atoms with Gasteiger partial charge in [0.05, 0.1) is 17.5 Å². The van der Waals surface area contributed by atoms with Crippen molar-refractivity contribution in [2.24, 2.45) is 5.92 Å². The summed E-state index contributed by atoms with van der Waals surface area (Å²) in [7, 11) is 0. The molecule has 0 spiro atoms. The Kier molecular flexibility index (Phi) is 4.82. The van der Waals surface area contributed by atoms with E-state index in [9.17, 15) is 4.79 Å². The quantitative estimate of drug-likeness (QED) is 0.899. The number of nitrogens with one attached hydrogen (secondary N) is 1. The second-order valence-corrected chi connectivity index (χ2v) is 8.44. The van der Waals surface area contributed by atoms with Crippen LogP contribution in [0.1, 0.15) is 69.4 Å². The van der Waals surface area contributed by atoms with E-state index in [0.717, 1.165) is 29.2 Å². The molecule has 136 valence electrons. The van der Waals surface area contributed by atoms with E-state index in [1.54, 1.807) is 18.3 Å². The topological polar surface area (TPSA) is 55.6 Å². The van der Waals surface area contributed by atoms with Gasteiger partial charge in [-0.25, -0.2) is 4.98 Å². The van der Waals surface area contributed by atoms with Crippen LogP contribution in [0.5, 0.6) is 0 Å². The highest BCUT2D eigenvalue weighted by atomic mass is 32.1. The first-order chi connectivity index (χ1) is 12.1. The molecule has 1 aliphatic heterocycles. The van der Waals surface area contributed by atoms with Crippen LogP contribution < -0.4 is 5.32 Å². The van der Waals surface area contributed by atoms with E-state index in [-0.39, 0.29) is 24.2 Å². The predicted molar refractivity (Wildman–Crippen MR) is 98.8 cm³/mol. The molecule has 4 rings (SSSR count). The molecular formula is C19H27N3O2S. The molecule has 2 aromatic heterocycles. The predicted octanol–water partition coefficient (Wildman–Crippen LogP) is 4.01. The maximum absolute atomic E-state index is 11.7. The number of carbonyl (C=O) groups is 1. The molecule has 1 N–H and O–H groups in total. The highest BCUT2D eigenvalue weighted by molar-refractivity contribution is 7.15. The van der Waals surface area contributed by atoms with Crippen molar-refractivity contribution in [1.82, 2.24) is 14.7 Å². The lowest BCUT2D eigenvalue weighted by Crippen LogP contribution is -2.45. The van der Waals surface area contributed by atoms with Crippen LogP contribution in [0.3, 0.4) is 0 Å². The summed E-state index contributed by atoms with van der Waals surface area (Å²) in [6, 6.07) is 0.187. The number of nitrogens with zero attached hydrogens (tertiary/aromatic N) is 2. The monoisotopic (exact) mass is 361 g/mol. The number of hydrogen-bond donors (Lipinski definition) is 1. The van der Waals surface area contributed by atoms with Gasteiger partial charge in [-0.15, -0.1) is 11.3 Å². The first kappa shape index (κ1) is 17.0. The van der Waals surface area contributed by atoms with Gasteiger partial charge in [-0.05, 0) is 38.5 Å². The van der Waals surface area contributed by atoms with Gasteiger partial charge in [-0.1, -0.05) is 19.3 Å². The average molecular weight is 362 g/mol.